The van der Waals surface area contributed by atoms with E-state index in [2.05, 4.69) is 25.4 Å². The Morgan fingerprint density at radius 1 is 0.848 bits per heavy atom. The second-order valence-corrected chi connectivity index (χ2v) is 12.9. The van der Waals surface area contributed by atoms with Gasteiger partial charge in [-0.1, -0.05) is 70.5 Å². The van der Waals surface area contributed by atoms with Crippen molar-refractivity contribution in [3.05, 3.63) is 99.5 Å². The van der Waals surface area contributed by atoms with Crippen LogP contribution in [-0.2, 0) is 47.3 Å². The van der Waals surface area contributed by atoms with Gasteiger partial charge in [0.25, 0.3) is 0 Å². The second kappa shape index (κ2) is 11.7. The lowest BCUT2D eigenvalue weighted by molar-refractivity contribution is -0.0881. The smallest absolute Gasteiger partial charge is 0.254 e. The molecule has 0 aliphatic heterocycles. The van der Waals surface area contributed by atoms with Crippen molar-refractivity contribution >= 4 is 45.1 Å². The zero-order valence-electron chi connectivity index (χ0n) is 17.2. The minimum atomic E-state index is -4.45. The molecule has 0 unspecified atom stereocenters. The summed E-state index contributed by atoms with van der Waals surface area (Å²) in [4.78, 5) is 0.305. The van der Waals surface area contributed by atoms with E-state index in [4.69, 9.17) is 0 Å². The maximum absolute atomic E-state index is 12.5. The van der Waals surface area contributed by atoms with Gasteiger partial charge in [-0.05, 0) is 49.5 Å². The Labute approximate surface area is 203 Å². The lowest BCUT2D eigenvalue weighted by Gasteiger charge is -2.10. The van der Waals surface area contributed by atoms with E-state index in [-0.39, 0.29) is 5.75 Å². The van der Waals surface area contributed by atoms with Crippen LogP contribution in [0.25, 0.3) is 0 Å². The lowest BCUT2D eigenvalue weighted by Crippen LogP contribution is -2.04. The number of thioether (sulfide) groups is 1. The molecule has 0 atom stereocenters. The van der Waals surface area contributed by atoms with Crippen LogP contribution in [0.5, 0.6) is 0 Å². The van der Waals surface area contributed by atoms with Crippen molar-refractivity contribution in [3.8, 4) is 0 Å². The monoisotopic (exact) mass is 576 g/mol. The van der Waals surface area contributed by atoms with Crippen LogP contribution < -0.4 is 0 Å². The van der Waals surface area contributed by atoms with Gasteiger partial charge in [0.2, 0.25) is 0 Å². The highest BCUT2D eigenvalue weighted by atomic mass is 79.9. The van der Waals surface area contributed by atoms with Crippen LogP contribution in [-0.4, -0.2) is 8.42 Å². The molecule has 0 saturated carbocycles. The van der Waals surface area contributed by atoms with E-state index in [0.29, 0.717) is 26.4 Å². The summed E-state index contributed by atoms with van der Waals surface area (Å²) in [6, 6.07) is 21.0. The Bertz CT molecular complexity index is 1220. The number of rotatable bonds is 11. The maximum atomic E-state index is 12.5. The largest absolute Gasteiger partial charge is 0.399 e. The van der Waals surface area contributed by atoms with E-state index in [0.717, 1.165) is 16.7 Å². The van der Waals surface area contributed by atoms with Gasteiger partial charge in [0, 0.05) is 16.0 Å². The van der Waals surface area contributed by atoms with Gasteiger partial charge >= 0.3 is 7.60 Å². The predicted molar refractivity (Wildman–Crippen MR) is 129 cm³/mol. The van der Waals surface area contributed by atoms with Gasteiger partial charge in [0.1, 0.15) is 0 Å². The molecule has 0 fully saturated rings. The average Bonchev–Trinajstić information content (AvgIpc) is 2.82. The molecule has 3 aromatic carbocycles. The van der Waals surface area contributed by atoms with Crippen molar-refractivity contribution < 1.29 is 31.5 Å². The number of hydrogen-bond donors (Lipinski definition) is 0. The fourth-order valence-electron chi connectivity index (χ4n) is 3.03. The van der Waals surface area contributed by atoms with Gasteiger partial charge in [-0.15, -0.1) is 9.46 Å². The van der Waals surface area contributed by atoms with Crippen LogP contribution in [0.3, 0.4) is 0 Å². The molecule has 176 valence electrons. The minimum absolute atomic E-state index is 0.0569. The van der Waals surface area contributed by atoms with Gasteiger partial charge in [0.05, 0.1) is 16.8 Å². The third-order valence-electron chi connectivity index (χ3n) is 4.71. The second-order valence-electron chi connectivity index (χ2n) is 7.21. The Morgan fingerprint density at radius 2 is 1.42 bits per heavy atom. The molecule has 0 amide bonds. The third kappa shape index (κ3) is 7.47. The third-order valence-corrected chi connectivity index (χ3v) is 9.38. The first kappa shape index (κ1) is 26.1. The number of hydrogen-bond acceptors (Lipinski definition) is 6. The van der Waals surface area contributed by atoms with E-state index in [1.807, 2.05) is 24.3 Å². The summed E-state index contributed by atoms with van der Waals surface area (Å²) >= 11 is 4.96. The van der Waals surface area contributed by atoms with Gasteiger partial charge in [-0.3, -0.25) is 4.57 Å². The highest BCUT2D eigenvalue weighted by Crippen LogP contribution is 2.53. The highest BCUT2D eigenvalue weighted by molar-refractivity contribution is 9.10. The summed E-state index contributed by atoms with van der Waals surface area (Å²) in [6.45, 7) is 0. The van der Waals surface area contributed by atoms with E-state index in [9.17, 15) is 22.0 Å². The van der Waals surface area contributed by atoms with E-state index < -0.39 is 23.6 Å². The number of halogens is 3. The quantitative estimate of drug-likeness (QED) is 0.222. The van der Waals surface area contributed by atoms with Crippen molar-refractivity contribution in [2.75, 3.05) is 0 Å². The van der Waals surface area contributed by atoms with Crippen LogP contribution in [0.4, 0.5) is 9.05 Å². The zero-order chi connectivity index (χ0) is 23.9. The molecular weight excluding hydrogens is 557 g/mol. The summed E-state index contributed by atoms with van der Waals surface area (Å²) in [6.07, 6.45) is -0.541. The zero-order valence-corrected chi connectivity index (χ0v) is 21.3. The fraction of sp³-hybridized carbons (Fsp3) is 0.182. The summed E-state index contributed by atoms with van der Waals surface area (Å²) in [7, 11) is -7.83. The van der Waals surface area contributed by atoms with E-state index >= 15 is 0 Å². The molecule has 0 heterocycles. The van der Waals surface area contributed by atoms with Crippen LogP contribution >= 0.6 is 35.3 Å². The van der Waals surface area contributed by atoms with Crippen LogP contribution in [0, 0.1) is 0 Å². The molecular formula is C22H20BrF2O5PS2. The molecule has 0 saturated heterocycles. The first-order valence-electron chi connectivity index (χ1n) is 9.65. The lowest BCUT2D eigenvalue weighted by atomic mass is 10.2. The van der Waals surface area contributed by atoms with E-state index in [1.165, 1.54) is 0 Å². The molecule has 11 heteroatoms. The molecule has 33 heavy (non-hydrogen) atoms. The number of benzene rings is 3. The maximum Gasteiger partial charge on any atom is 0.399 e. The molecule has 5 nitrogen and oxygen atoms in total. The van der Waals surface area contributed by atoms with Gasteiger partial charge in [-0.2, -0.15) is 11.8 Å². The van der Waals surface area contributed by atoms with Crippen molar-refractivity contribution in [2.45, 2.75) is 28.3 Å². The molecule has 0 aromatic heterocycles. The van der Waals surface area contributed by atoms with Gasteiger partial charge in [-0.25, -0.2) is 8.42 Å². The van der Waals surface area contributed by atoms with Gasteiger partial charge in [0.15, 0.2) is 9.84 Å². The fourth-order valence-corrected chi connectivity index (χ4v) is 6.94. The molecule has 0 radical (unpaired) electrons. The van der Waals surface area contributed by atoms with Crippen LogP contribution in [0.15, 0.2) is 82.2 Å². The summed E-state index contributed by atoms with van der Waals surface area (Å²) in [5.41, 5.74) is 3.12. The normalized spacial score (nSPS) is 12.1. The Morgan fingerprint density at radius 3 is 2.03 bits per heavy atom. The Hall–Kier alpha value is -1.55. The summed E-state index contributed by atoms with van der Waals surface area (Å²) in [5.74, 6) is 1.32. The standard InChI is InChI=1S/C22H20BrF2O5PS2/c23-22-12-19(10-11-20(22)13-31(26,29-24)30-25)15-32-14-17-6-8-18(9-7-17)16-33(27,28)21-4-2-1-3-5-21/h1-12H,13-16H2. The van der Waals surface area contributed by atoms with Crippen molar-refractivity contribution in [1.82, 2.24) is 0 Å². The minimum Gasteiger partial charge on any atom is -0.254 e. The van der Waals surface area contributed by atoms with E-state index in [1.54, 1.807) is 60.3 Å². The predicted octanol–water partition coefficient (Wildman–Crippen LogP) is 7.35. The average molecular weight is 577 g/mol. The van der Waals surface area contributed by atoms with Gasteiger partial charge < -0.3 is 0 Å². The Kier molecular flexibility index (Phi) is 9.26. The first-order chi connectivity index (χ1) is 15.7. The molecule has 3 aromatic rings. The van der Waals surface area contributed by atoms with Crippen LogP contribution in [0.2, 0.25) is 0 Å². The van der Waals surface area contributed by atoms with Crippen LogP contribution in [0.1, 0.15) is 22.3 Å². The molecule has 0 aliphatic carbocycles. The van der Waals surface area contributed by atoms with Crippen molar-refractivity contribution in [1.29, 1.82) is 0 Å². The SMILES string of the molecule is O=P(Cc1ccc(CSCc2ccc(CS(=O)(=O)c3ccccc3)cc2)cc1Br)(OF)OF. The first-order valence-corrected chi connectivity index (χ1v) is 15.0. The summed E-state index contributed by atoms with van der Waals surface area (Å²) in [5, 5.41) is 0. The molecule has 0 bridgehead atoms. The summed E-state index contributed by atoms with van der Waals surface area (Å²) < 4.78 is 68.0. The van der Waals surface area contributed by atoms with Crippen molar-refractivity contribution in [3.63, 3.8) is 0 Å². The molecule has 0 spiro atoms. The molecule has 3 rings (SSSR count). The Balaban J connectivity index is 1.54. The number of sulfone groups is 1. The topological polar surface area (TPSA) is 69.7 Å². The molecule has 0 aliphatic rings. The molecule has 0 N–H and O–H groups in total. The van der Waals surface area contributed by atoms with Crippen molar-refractivity contribution in [2.24, 2.45) is 0 Å². The highest BCUT2D eigenvalue weighted by Gasteiger charge is 2.29.